The minimum absolute atomic E-state index is 0. The van der Waals surface area contributed by atoms with E-state index in [0.29, 0.717) is 30.1 Å². The van der Waals surface area contributed by atoms with Gasteiger partial charge in [0.15, 0.2) is 0 Å². The van der Waals surface area contributed by atoms with Gasteiger partial charge in [-0.25, -0.2) is 8.42 Å². The summed E-state index contributed by atoms with van der Waals surface area (Å²) < 4.78 is 38.3. The maximum atomic E-state index is 13.3. The molecule has 1 aliphatic rings. The minimum Gasteiger partial charge on any atom is -0.497 e. The average molecular weight is 385 g/mol. The van der Waals surface area contributed by atoms with E-state index in [2.05, 4.69) is 0 Å². The number of anilines is 2. The van der Waals surface area contributed by atoms with Gasteiger partial charge in [-0.1, -0.05) is 6.07 Å². The van der Waals surface area contributed by atoms with Gasteiger partial charge in [-0.15, -0.1) is 12.4 Å². The molecule has 25 heavy (non-hydrogen) atoms. The van der Waals surface area contributed by atoms with E-state index in [1.165, 1.54) is 24.6 Å². The Morgan fingerprint density at radius 3 is 2.56 bits per heavy atom. The van der Waals surface area contributed by atoms with Crippen LogP contribution in [0, 0.1) is 0 Å². The van der Waals surface area contributed by atoms with Crippen molar-refractivity contribution in [2.75, 3.05) is 30.8 Å². The molecular formula is C17H21ClN2O4S. The predicted molar refractivity (Wildman–Crippen MR) is 101 cm³/mol. The maximum Gasteiger partial charge on any atom is 0.268 e. The van der Waals surface area contributed by atoms with Crippen LogP contribution in [0.2, 0.25) is 0 Å². The average Bonchev–Trinajstić information content (AvgIpc) is 2.61. The highest BCUT2D eigenvalue weighted by atomic mass is 35.5. The third-order valence-electron chi connectivity index (χ3n) is 4.18. The molecule has 0 unspecified atom stereocenters. The summed E-state index contributed by atoms with van der Waals surface area (Å²) in [6.07, 6.45) is 1.48. The SMILES string of the molecule is COc1ccc(OC)c(S(=O)(=O)N2CCCc3c(N)cccc32)c1.Cl. The first-order valence-corrected chi connectivity index (χ1v) is 9.05. The van der Waals surface area contributed by atoms with Crippen molar-refractivity contribution in [2.45, 2.75) is 17.7 Å². The van der Waals surface area contributed by atoms with Gasteiger partial charge in [0.05, 0.1) is 19.9 Å². The number of halogens is 1. The van der Waals surface area contributed by atoms with Crippen LogP contribution in [0.1, 0.15) is 12.0 Å². The zero-order valence-corrected chi connectivity index (χ0v) is 15.7. The summed E-state index contributed by atoms with van der Waals surface area (Å²) in [5.74, 6) is 0.742. The number of sulfonamides is 1. The number of benzene rings is 2. The fourth-order valence-electron chi connectivity index (χ4n) is 2.97. The van der Waals surface area contributed by atoms with Crippen LogP contribution in [0.4, 0.5) is 11.4 Å². The van der Waals surface area contributed by atoms with E-state index in [0.717, 1.165) is 12.0 Å². The number of methoxy groups -OCH3 is 2. The van der Waals surface area contributed by atoms with E-state index in [9.17, 15) is 8.42 Å². The monoisotopic (exact) mass is 384 g/mol. The lowest BCUT2D eigenvalue weighted by molar-refractivity contribution is 0.392. The van der Waals surface area contributed by atoms with Gasteiger partial charge in [0, 0.05) is 18.3 Å². The third kappa shape index (κ3) is 3.34. The largest absolute Gasteiger partial charge is 0.497 e. The number of nitrogens with zero attached hydrogens (tertiary/aromatic N) is 1. The summed E-state index contributed by atoms with van der Waals surface area (Å²) in [6.45, 7) is 0.402. The zero-order chi connectivity index (χ0) is 17.3. The molecule has 0 spiro atoms. The highest BCUT2D eigenvalue weighted by Gasteiger charge is 2.32. The Bertz CT molecular complexity index is 871. The van der Waals surface area contributed by atoms with Crippen LogP contribution in [-0.2, 0) is 16.4 Å². The van der Waals surface area contributed by atoms with E-state index >= 15 is 0 Å². The normalized spacial score (nSPS) is 13.6. The van der Waals surface area contributed by atoms with Gasteiger partial charge >= 0.3 is 0 Å². The third-order valence-corrected chi connectivity index (χ3v) is 6.02. The number of nitrogens with two attached hydrogens (primary N) is 1. The molecule has 0 saturated carbocycles. The van der Waals surface area contributed by atoms with Crippen molar-refractivity contribution in [3.8, 4) is 11.5 Å². The van der Waals surface area contributed by atoms with Crippen molar-refractivity contribution in [1.82, 2.24) is 0 Å². The molecule has 1 aliphatic heterocycles. The molecule has 0 fully saturated rings. The Morgan fingerprint density at radius 2 is 1.88 bits per heavy atom. The van der Waals surface area contributed by atoms with E-state index in [1.807, 2.05) is 0 Å². The van der Waals surface area contributed by atoms with Gasteiger partial charge in [-0.05, 0) is 42.7 Å². The van der Waals surface area contributed by atoms with Crippen molar-refractivity contribution >= 4 is 33.8 Å². The molecule has 3 rings (SSSR count). The van der Waals surface area contributed by atoms with Crippen molar-refractivity contribution in [1.29, 1.82) is 0 Å². The summed E-state index contributed by atoms with van der Waals surface area (Å²) >= 11 is 0. The van der Waals surface area contributed by atoms with Gasteiger partial charge < -0.3 is 15.2 Å². The summed E-state index contributed by atoms with van der Waals surface area (Å²) in [4.78, 5) is 0.0830. The summed E-state index contributed by atoms with van der Waals surface area (Å²) in [6, 6.07) is 10.1. The molecule has 8 heteroatoms. The molecule has 0 saturated heterocycles. The first-order chi connectivity index (χ1) is 11.5. The Balaban J connectivity index is 0.00000225. The maximum absolute atomic E-state index is 13.3. The smallest absolute Gasteiger partial charge is 0.268 e. The predicted octanol–water partition coefficient (Wildman–Crippen LogP) is 2.85. The number of nitrogen functional groups attached to an aromatic ring is 1. The molecule has 0 bridgehead atoms. The van der Waals surface area contributed by atoms with Gasteiger partial charge in [-0.3, -0.25) is 4.31 Å². The molecule has 2 aromatic rings. The van der Waals surface area contributed by atoms with Crippen molar-refractivity contribution in [3.63, 3.8) is 0 Å². The second-order valence-electron chi connectivity index (χ2n) is 5.54. The Kier molecular flexibility index (Phi) is 5.69. The van der Waals surface area contributed by atoms with E-state index in [1.54, 1.807) is 30.3 Å². The number of ether oxygens (including phenoxy) is 2. The van der Waals surface area contributed by atoms with Gasteiger partial charge in [0.25, 0.3) is 10.0 Å². The number of rotatable bonds is 4. The standard InChI is InChI=1S/C17H20N2O4S.ClH/c1-22-12-8-9-16(23-2)17(11-12)24(20,21)19-10-4-5-13-14(18)6-3-7-15(13)19;/h3,6-9,11H,4-5,10,18H2,1-2H3;1H. The highest BCUT2D eigenvalue weighted by Crippen LogP contribution is 2.38. The lowest BCUT2D eigenvalue weighted by Crippen LogP contribution is -2.36. The lowest BCUT2D eigenvalue weighted by atomic mass is 10.0. The van der Waals surface area contributed by atoms with E-state index in [4.69, 9.17) is 15.2 Å². The molecule has 2 aromatic carbocycles. The van der Waals surface area contributed by atoms with Crippen molar-refractivity contribution < 1.29 is 17.9 Å². The van der Waals surface area contributed by atoms with E-state index in [-0.39, 0.29) is 23.1 Å². The molecule has 2 N–H and O–H groups in total. The van der Waals surface area contributed by atoms with Crippen molar-refractivity contribution in [2.24, 2.45) is 0 Å². The quantitative estimate of drug-likeness (QED) is 0.819. The molecule has 1 heterocycles. The molecule has 0 amide bonds. The van der Waals surface area contributed by atoms with Gasteiger partial charge in [0.1, 0.15) is 16.4 Å². The minimum atomic E-state index is -3.79. The van der Waals surface area contributed by atoms with Crippen LogP contribution in [0.5, 0.6) is 11.5 Å². The second kappa shape index (κ2) is 7.41. The van der Waals surface area contributed by atoms with Crippen molar-refractivity contribution in [3.05, 3.63) is 42.0 Å². The molecular weight excluding hydrogens is 364 g/mol. The Hall–Kier alpha value is -2.12. The van der Waals surface area contributed by atoms with Crippen LogP contribution in [-0.4, -0.2) is 29.2 Å². The number of hydrogen-bond acceptors (Lipinski definition) is 5. The highest BCUT2D eigenvalue weighted by molar-refractivity contribution is 7.93. The first-order valence-electron chi connectivity index (χ1n) is 7.61. The zero-order valence-electron chi connectivity index (χ0n) is 14.1. The number of fused-ring (bicyclic) bond motifs is 1. The first kappa shape index (κ1) is 19.2. The molecule has 0 aliphatic carbocycles. The summed E-state index contributed by atoms with van der Waals surface area (Å²) in [5.41, 5.74) is 8.14. The van der Waals surface area contributed by atoms with E-state index < -0.39 is 10.0 Å². The summed E-state index contributed by atoms with van der Waals surface area (Å²) in [7, 11) is -0.852. The molecule has 0 atom stereocenters. The van der Waals surface area contributed by atoms with Crippen LogP contribution >= 0.6 is 12.4 Å². The second-order valence-corrected chi connectivity index (χ2v) is 7.37. The Morgan fingerprint density at radius 1 is 1.12 bits per heavy atom. The molecule has 6 nitrogen and oxygen atoms in total. The van der Waals surface area contributed by atoms with Crippen LogP contribution in [0.15, 0.2) is 41.3 Å². The summed E-state index contributed by atoms with van der Waals surface area (Å²) in [5, 5.41) is 0. The topological polar surface area (TPSA) is 81.9 Å². The number of hydrogen-bond donors (Lipinski definition) is 1. The molecule has 0 radical (unpaired) electrons. The van der Waals surface area contributed by atoms with Gasteiger partial charge in [0.2, 0.25) is 0 Å². The lowest BCUT2D eigenvalue weighted by Gasteiger charge is -2.31. The van der Waals surface area contributed by atoms with Crippen LogP contribution in [0.3, 0.4) is 0 Å². The fraction of sp³-hybridized carbons (Fsp3) is 0.294. The Labute approximate surface area is 154 Å². The molecule has 0 aromatic heterocycles. The van der Waals surface area contributed by atoms with Crippen LogP contribution < -0.4 is 19.5 Å². The molecule has 136 valence electrons. The van der Waals surface area contributed by atoms with Crippen LogP contribution in [0.25, 0.3) is 0 Å². The van der Waals surface area contributed by atoms with Gasteiger partial charge in [-0.2, -0.15) is 0 Å². The fourth-order valence-corrected chi connectivity index (χ4v) is 4.68.